The zero-order valence-electron chi connectivity index (χ0n) is 12.0. The van der Waals surface area contributed by atoms with Crippen molar-refractivity contribution in [3.63, 3.8) is 0 Å². The molecule has 0 saturated heterocycles. The van der Waals surface area contributed by atoms with Crippen LogP contribution in [0.1, 0.15) is 39.5 Å². The molecule has 0 heterocycles. The summed E-state index contributed by atoms with van der Waals surface area (Å²) in [7, 11) is 1.39. The van der Waals surface area contributed by atoms with Crippen LogP contribution in [0.15, 0.2) is 23.8 Å². The summed E-state index contributed by atoms with van der Waals surface area (Å²) in [5.41, 5.74) is 1.84. The number of ether oxygens (including phenoxy) is 1. The van der Waals surface area contributed by atoms with Gasteiger partial charge < -0.3 is 4.74 Å². The van der Waals surface area contributed by atoms with E-state index < -0.39 is 0 Å². The number of rotatable bonds is 2. The monoisotopic (exact) mass is 262 g/mol. The van der Waals surface area contributed by atoms with Crippen LogP contribution in [0, 0.1) is 17.3 Å². The van der Waals surface area contributed by atoms with Crippen molar-refractivity contribution in [3.05, 3.63) is 23.8 Å². The largest absolute Gasteiger partial charge is 0.466 e. The predicted octanol–water partition coefficient (Wildman–Crippen LogP) is 3.06. The zero-order chi connectivity index (χ0) is 14.2. The van der Waals surface area contributed by atoms with Crippen molar-refractivity contribution in [3.8, 4) is 0 Å². The zero-order valence-corrected chi connectivity index (χ0v) is 12.0. The molecule has 0 aromatic rings. The smallest absolute Gasteiger partial charge is 0.333 e. The molecule has 0 bridgehead atoms. The van der Waals surface area contributed by atoms with Gasteiger partial charge in [0.2, 0.25) is 0 Å². The molecule has 0 aliphatic heterocycles. The Kier molecular flexibility index (Phi) is 3.66. The Hall–Kier alpha value is -1.38. The molecule has 0 N–H and O–H groups in total. The molecule has 0 aromatic carbocycles. The molecule has 3 heteroatoms. The van der Waals surface area contributed by atoms with Crippen LogP contribution in [-0.2, 0) is 14.3 Å². The summed E-state index contributed by atoms with van der Waals surface area (Å²) >= 11 is 0. The maximum atomic E-state index is 11.6. The maximum Gasteiger partial charge on any atom is 0.333 e. The molecule has 0 aromatic heterocycles. The molecule has 19 heavy (non-hydrogen) atoms. The number of hydrogen-bond acceptors (Lipinski definition) is 3. The molecule has 2 aliphatic carbocycles. The minimum atomic E-state index is -0.303. The lowest BCUT2D eigenvalue weighted by Crippen LogP contribution is -2.33. The Morgan fingerprint density at radius 2 is 2.21 bits per heavy atom. The van der Waals surface area contributed by atoms with Gasteiger partial charge in [-0.15, -0.1) is 0 Å². The van der Waals surface area contributed by atoms with Crippen molar-refractivity contribution in [2.24, 2.45) is 17.3 Å². The number of esters is 1. The average Bonchev–Trinajstić information content (AvgIpc) is 2.81. The van der Waals surface area contributed by atoms with Crippen LogP contribution in [-0.4, -0.2) is 18.9 Å². The quantitative estimate of drug-likeness (QED) is 0.567. The summed E-state index contributed by atoms with van der Waals surface area (Å²) in [5.74, 6) is 0.459. The molecule has 0 amide bonds. The summed E-state index contributed by atoms with van der Waals surface area (Å²) < 4.78 is 4.76. The van der Waals surface area contributed by atoms with Crippen molar-refractivity contribution >= 4 is 11.8 Å². The Bertz CT molecular complexity index is 461. The summed E-state index contributed by atoms with van der Waals surface area (Å²) in [6.45, 7) is 8.09. The lowest BCUT2D eigenvalue weighted by Gasteiger charge is -2.39. The number of hydrogen-bond donors (Lipinski definition) is 0. The SMILES string of the molecule is C=C(C(=O)OC)C1CCC2(C1)C(C)=CC(=O)CC2C. The molecule has 3 unspecified atom stereocenters. The number of carbonyl (C=O) groups excluding carboxylic acids is 2. The van der Waals surface area contributed by atoms with Gasteiger partial charge in [0.05, 0.1) is 7.11 Å². The highest BCUT2D eigenvalue weighted by atomic mass is 16.5. The fourth-order valence-corrected chi connectivity index (χ4v) is 3.81. The van der Waals surface area contributed by atoms with Gasteiger partial charge in [0, 0.05) is 12.0 Å². The van der Waals surface area contributed by atoms with Crippen LogP contribution in [0.4, 0.5) is 0 Å². The van der Waals surface area contributed by atoms with Crippen LogP contribution in [0.3, 0.4) is 0 Å². The molecule has 2 rings (SSSR count). The van der Waals surface area contributed by atoms with Crippen LogP contribution in [0.25, 0.3) is 0 Å². The molecule has 1 saturated carbocycles. The van der Waals surface area contributed by atoms with Gasteiger partial charge in [-0.2, -0.15) is 0 Å². The van der Waals surface area contributed by atoms with Gasteiger partial charge in [-0.1, -0.05) is 19.1 Å². The molecule has 3 atom stereocenters. The van der Waals surface area contributed by atoms with Gasteiger partial charge in [0.15, 0.2) is 5.78 Å². The number of carbonyl (C=O) groups is 2. The maximum absolute atomic E-state index is 11.6. The highest BCUT2D eigenvalue weighted by molar-refractivity contribution is 5.92. The van der Waals surface area contributed by atoms with E-state index in [0.717, 1.165) is 19.3 Å². The van der Waals surface area contributed by atoms with Crippen molar-refractivity contribution in [2.45, 2.75) is 39.5 Å². The van der Waals surface area contributed by atoms with E-state index in [9.17, 15) is 9.59 Å². The Morgan fingerprint density at radius 1 is 1.53 bits per heavy atom. The minimum Gasteiger partial charge on any atom is -0.466 e. The molecule has 2 aliphatic rings. The van der Waals surface area contributed by atoms with Gasteiger partial charge in [-0.05, 0) is 49.5 Å². The highest BCUT2D eigenvalue weighted by Crippen LogP contribution is 2.56. The van der Waals surface area contributed by atoms with E-state index in [-0.39, 0.29) is 23.1 Å². The molecule has 104 valence electrons. The van der Waals surface area contributed by atoms with E-state index in [0.29, 0.717) is 17.9 Å². The second kappa shape index (κ2) is 4.95. The third kappa shape index (κ3) is 2.26. The number of methoxy groups -OCH3 is 1. The molecule has 1 fully saturated rings. The highest BCUT2D eigenvalue weighted by Gasteiger charge is 2.47. The number of allylic oxidation sites excluding steroid dienone is 2. The molecular weight excluding hydrogens is 240 g/mol. The molecular formula is C16H22O3. The summed E-state index contributed by atoms with van der Waals surface area (Å²) in [6.07, 6.45) is 5.32. The molecule has 0 radical (unpaired) electrons. The Labute approximate surface area is 114 Å². The Morgan fingerprint density at radius 3 is 2.79 bits per heavy atom. The number of ketones is 1. The van der Waals surface area contributed by atoms with E-state index >= 15 is 0 Å². The third-order valence-electron chi connectivity index (χ3n) is 5.10. The van der Waals surface area contributed by atoms with Crippen LogP contribution >= 0.6 is 0 Å². The van der Waals surface area contributed by atoms with Crippen LogP contribution < -0.4 is 0 Å². The lowest BCUT2D eigenvalue weighted by atomic mass is 9.64. The van der Waals surface area contributed by atoms with E-state index in [1.54, 1.807) is 6.08 Å². The van der Waals surface area contributed by atoms with Gasteiger partial charge in [0.25, 0.3) is 0 Å². The van der Waals surface area contributed by atoms with Crippen LogP contribution in [0.5, 0.6) is 0 Å². The van der Waals surface area contributed by atoms with E-state index in [2.05, 4.69) is 20.4 Å². The summed E-state index contributed by atoms with van der Waals surface area (Å²) in [5, 5.41) is 0. The normalized spacial score (nSPS) is 34.3. The lowest BCUT2D eigenvalue weighted by molar-refractivity contribution is -0.136. The topological polar surface area (TPSA) is 43.4 Å². The first-order chi connectivity index (χ1) is 8.90. The second-order valence-corrected chi connectivity index (χ2v) is 6.01. The van der Waals surface area contributed by atoms with E-state index in [1.807, 2.05) is 0 Å². The van der Waals surface area contributed by atoms with Crippen LogP contribution in [0.2, 0.25) is 0 Å². The molecule has 1 spiro atoms. The molecule has 3 nitrogen and oxygen atoms in total. The summed E-state index contributed by atoms with van der Waals surface area (Å²) in [4.78, 5) is 23.2. The fraction of sp³-hybridized carbons (Fsp3) is 0.625. The summed E-state index contributed by atoms with van der Waals surface area (Å²) in [6, 6.07) is 0. The first kappa shape index (κ1) is 14.0. The van der Waals surface area contributed by atoms with Gasteiger partial charge in [-0.3, -0.25) is 4.79 Å². The first-order valence-corrected chi connectivity index (χ1v) is 6.89. The van der Waals surface area contributed by atoms with Crippen molar-refractivity contribution in [1.82, 2.24) is 0 Å². The van der Waals surface area contributed by atoms with E-state index in [1.165, 1.54) is 12.7 Å². The Balaban J connectivity index is 2.21. The second-order valence-electron chi connectivity index (χ2n) is 6.01. The third-order valence-corrected chi connectivity index (χ3v) is 5.10. The van der Waals surface area contributed by atoms with Gasteiger partial charge in [-0.25, -0.2) is 4.79 Å². The van der Waals surface area contributed by atoms with Crippen molar-refractivity contribution in [1.29, 1.82) is 0 Å². The van der Waals surface area contributed by atoms with E-state index in [4.69, 9.17) is 4.74 Å². The van der Waals surface area contributed by atoms with Gasteiger partial charge >= 0.3 is 5.97 Å². The van der Waals surface area contributed by atoms with Crippen molar-refractivity contribution in [2.75, 3.05) is 7.11 Å². The van der Waals surface area contributed by atoms with Crippen molar-refractivity contribution < 1.29 is 14.3 Å². The predicted molar refractivity (Wildman–Crippen MR) is 73.5 cm³/mol. The average molecular weight is 262 g/mol. The van der Waals surface area contributed by atoms with Gasteiger partial charge in [0.1, 0.15) is 0 Å². The standard InChI is InChI=1S/C16H22O3/c1-10-7-14(17)8-11(2)16(10)6-5-13(9-16)12(3)15(18)19-4/h7,11,13H,3,5-6,8-9H2,1-2,4H3. The fourth-order valence-electron chi connectivity index (χ4n) is 3.81. The first-order valence-electron chi connectivity index (χ1n) is 6.89. The minimum absolute atomic E-state index is 0.0789.